The molecule has 0 saturated heterocycles. The molecule has 6 nitrogen and oxygen atoms in total. The van der Waals surface area contributed by atoms with E-state index in [1.54, 1.807) is 23.6 Å². The van der Waals surface area contributed by atoms with Gasteiger partial charge in [0.15, 0.2) is 0 Å². The SMILES string of the molecule is COc1ccc([N+](=O)[O-])cc1C=C(C#N)c1nc(-c2ccc(Cl)cc2Cl)cs1. The summed E-state index contributed by atoms with van der Waals surface area (Å²) in [7, 11) is 1.45. The number of benzene rings is 2. The van der Waals surface area contributed by atoms with Gasteiger partial charge in [-0.25, -0.2) is 4.98 Å². The average Bonchev–Trinajstić information content (AvgIpc) is 3.15. The minimum absolute atomic E-state index is 0.0999. The van der Waals surface area contributed by atoms with Gasteiger partial charge in [0.25, 0.3) is 5.69 Å². The summed E-state index contributed by atoms with van der Waals surface area (Å²) >= 11 is 13.4. The molecule has 0 radical (unpaired) electrons. The predicted octanol–water partition coefficient (Wildman–Crippen LogP) is 6.10. The molecule has 0 N–H and O–H groups in total. The van der Waals surface area contributed by atoms with E-state index >= 15 is 0 Å². The topological polar surface area (TPSA) is 89.0 Å². The molecule has 3 rings (SSSR count). The van der Waals surface area contributed by atoms with E-state index in [0.717, 1.165) is 0 Å². The summed E-state index contributed by atoms with van der Waals surface area (Å²) in [5.74, 6) is 0.413. The average molecular weight is 432 g/mol. The maximum Gasteiger partial charge on any atom is 0.270 e. The van der Waals surface area contributed by atoms with Crippen LogP contribution in [0, 0.1) is 21.4 Å². The highest BCUT2D eigenvalue weighted by molar-refractivity contribution is 7.11. The number of methoxy groups -OCH3 is 1. The summed E-state index contributed by atoms with van der Waals surface area (Å²) in [4.78, 5) is 15.0. The van der Waals surface area contributed by atoms with Gasteiger partial charge in [0, 0.05) is 33.7 Å². The number of nitrogens with zero attached hydrogens (tertiary/aromatic N) is 3. The van der Waals surface area contributed by atoms with Crippen LogP contribution in [0.5, 0.6) is 5.75 Å². The Hall–Kier alpha value is -2.92. The van der Waals surface area contributed by atoms with Crippen molar-refractivity contribution in [2.24, 2.45) is 0 Å². The van der Waals surface area contributed by atoms with Gasteiger partial charge < -0.3 is 4.74 Å². The van der Waals surface area contributed by atoms with Crippen molar-refractivity contribution in [1.82, 2.24) is 4.98 Å². The van der Waals surface area contributed by atoms with E-state index in [-0.39, 0.29) is 11.3 Å². The van der Waals surface area contributed by atoms with Crippen LogP contribution in [0.4, 0.5) is 5.69 Å². The molecule has 0 spiro atoms. The number of rotatable bonds is 5. The van der Waals surface area contributed by atoms with Crippen LogP contribution < -0.4 is 4.74 Å². The molecule has 1 heterocycles. The third-order valence-corrected chi connectivity index (χ3v) is 5.21. The fourth-order valence-corrected chi connectivity index (χ4v) is 3.75. The van der Waals surface area contributed by atoms with Gasteiger partial charge in [0.2, 0.25) is 0 Å². The Morgan fingerprint density at radius 3 is 2.75 bits per heavy atom. The lowest BCUT2D eigenvalue weighted by molar-refractivity contribution is -0.384. The first kappa shape index (κ1) is 19.8. The van der Waals surface area contributed by atoms with Gasteiger partial charge in [0.05, 0.1) is 28.3 Å². The lowest BCUT2D eigenvalue weighted by Gasteiger charge is -2.05. The molecule has 0 saturated carbocycles. The number of nitro benzene ring substituents is 1. The lowest BCUT2D eigenvalue weighted by atomic mass is 10.1. The highest BCUT2D eigenvalue weighted by atomic mass is 35.5. The van der Waals surface area contributed by atoms with E-state index in [1.807, 2.05) is 0 Å². The molecule has 1 aromatic heterocycles. The first-order chi connectivity index (χ1) is 13.4. The number of nitro groups is 1. The molecule has 0 aliphatic rings. The number of thiazole rings is 1. The van der Waals surface area contributed by atoms with E-state index < -0.39 is 4.92 Å². The van der Waals surface area contributed by atoms with Crippen LogP contribution in [0.25, 0.3) is 22.9 Å². The van der Waals surface area contributed by atoms with Gasteiger partial charge >= 0.3 is 0 Å². The summed E-state index contributed by atoms with van der Waals surface area (Å²) in [5, 5.41) is 23.8. The Balaban J connectivity index is 2.03. The number of allylic oxidation sites excluding steroid dienone is 1. The molecule has 0 fully saturated rings. The Morgan fingerprint density at radius 2 is 2.11 bits per heavy atom. The van der Waals surface area contributed by atoms with Gasteiger partial charge in [-0.15, -0.1) is 11.3 Å². The van der Waals surface area contributed by atoms with Crippen LogP contribution in [0.3, 0.4) is 0 Å². The molecule has 28 heavy (non-hydrogen) atoms. The van der Waals surface area contributed by atoms with Crippen LogP contribution in [-0.4, -0.2) is 17.0 Å². The fourth-order valence-electron chi connectivity index (χ4n) is 2.46. The van der Waals surface area contributed by atoms with Crippen molar-refractivity contribution in [3.63, 3.8) is 0 Å². The first-order valence-electron chi connectivity index (χ1n) is 7.78. The second kappa shape index (κ2) is 8.40. The number of halogens is 2. The molecule has 0 aliphatic carbocycles. The van der Waals surface area contributed by atoms with Gasteiger partial charge in [-0.2, -0.15) is 5.26 Å². The van der Waals surface area contributed by atoms with E-state index in [1.165, 1.54) is 42.7 Å². The molecule has 9 heteroatoms. The van der Waals surface area contributed by atoms with Crippen molar-refractivity contribution >= 4 is 51.9 Å². The number of hydrogen-bond donors (Lipinski definition) is 0. The zero-order valence-electron chi connectivity index (χ0n) is 14.3. The number of hydrogen-bond acceptors (Lipinski definition) is 6. The second-order valence-electron chi connectivity index (χ2n) is 5.52. The Labute approximate surface area is 174 Å². The monoisotopic (exact) mass is 431 g/mol. The molecule has 0 aliphatic heterocycles. The number of aromatic nitrogens is 1. The quantitative estimate of drug-likeness (QED) is 0.276. The van der Waals surface area contributed by atoms with Crippen molar-refractivity contribution in [2.45, 2.75) is 0 Å². The lowest BCUT2D eigenvalue weighted by Crippen LogP contribution is -1.92. The van der Waals surface area contributed by atoms with Crippen LogP contribution in [0.1, 0.15) is 10.6 Å². The van der Waals surface area contributed by atoms with Crippen LogP contribution >= 0.6 is 34.5 Å². The zero-order valence-corrected chi connectivity index (χ0v) is 16.7. The fraction of sp³-hybridized carbons (Fsp3) is 0.0526. The zero-order chi connectivity index (χ0) is 20.3. The van der Waals surface area contributed by atoms with Crippen LogP contribution in [0.15, 0.2) is 41.8 Å². The van der Waals surface area contributed by atoms with Crippen molar-refractivity contribution in [3.8, 4) is 23.1 Å². The smallest absolute Gasteiger partial charge is 0.270 e. The minimum atomic E-state index is -0.507. The summed E-state index contributed by atoms with van der Waals surface area (Å²) in [5.41, 5.74) is 1.86. The van der Waals surface area contributed by atoms with E-state index in [0.29, 0.717) is 37.6 Å². The Bertz CT molecular complexity index is 1140. The largest absolute Gasteiger partial charge is 0.496 e. The molecule has 0 bridgehead atoms. The van der Waals surface area contributed by atoms with Crippen LogP contribution in [0.2, 0.25) is 10.0 Å². The van der Waals surface area contributed by atoms with E-state index in [9.17, 15) is 15.4 Å². The summed E-state index contributed by atoms with van der Waals surface area (Å²) in [6.07, 6.45) is 1.51. The first-order valence-corrected chi connectivity index (χ1v) is 9.42. The summed E-state index contributed by atoms with van der Waals surface area (Å²) < 4.78 is 5.24. The van der Waals surface area contributed by atoms with Crippen molar-refractivity contribution in [2.75, 3.05) is 7.11 Å². The molecule has 0 unspecified atom stereocenters. The standard InChI is InChI=1S/C19H11Cl2N3O3S/c1-27-18-5-3-14(24(25)26)7-11(18)6-12(9-22)19-23-17(10-28-19)15-4-2-13(20)8-16(15)21/h2-8,10H,1H3. The van der Waals surface area contributed by atoms with Crippen molar-refractivity contribution < 1.29 is 9.66 Å². The Morgan fingerprint density at radius 1 is 1.32 bits per heavy atom. The number of nitriles is 1. The normalized spacial score (nSPS) is 11.1. The predicted molar refractivity (Wildman–Crippen MR) is 111 cm³/mol. The number of non-ortho nitro benzene ring substituents is 1. The number of ether oxygens (including phenoxy) is 1. The van der Waals surface area contributed by atoms with Crippen molar-refractivity contribution in [3.05, 3.63) is 72.5 Å². The minimum Gasteiger partial charge on any atom is -0.496 e. The highest BCUT2D eigenvalue weighted by Crippen LogP contribution is 2.34. The summed E-state index contributed by atoms with van der Waals surface area (Å²) in [6, 6.07) is 11.3. The highest BCUT2D eigenvalue weighted by Gasteiger charge is 2.15. The molecule has 140 valence electrons. The van der Waals surface area contributed by atoms with Gasteiger partial charge in [0.1, 0.15) is 16.8 Å². The van der Waals surface area contributed by atoms with Crippen molar-refractivity contribution in [1.29, 1.82) is 5.26 Å². The molecule has 0 amide bonds. The second-order valence-corrected chi connectivity index (χ2v) is 7.22. The maximum absolute atomic E-state index is 11.0. The Kier molecular flexibility index (Phi) is 5.95. The molecule has 2 aromatic carbocycles. The van der Waals surface area contributed by atoms with Gasteiger partial charge in [-0.3, -0.25) is 10.1 Å². The maximum atomic E-state index is 11.0. The van der Waals surface area contributed by atoms with Gasteiger partial charge in [-0.1, -0.05) is 23.2 Å². The molecule has 0 atom stereocenters. The third-order valence-electron chi connectivity index (χ3n) is 3.79. The van der Waals surface area contributed by atoms with Crippen LogP contribution in [-0.2, 0) is 0 Å². The van der Waals surface area contributed by atoms with E-state index in [2.05, 4.69) is 11.1 Å². The summed E-state index contributed by atoms with van der Waals surface area (Å²) in [6.45, 7) is 0. The molecular weight excluding hydrogens is 421 g/mol. The molecule has 3 aromatic rings. The molecular formula is C19H11Cl2N3O3S. The third kappa shape index (κ3) is 4.15. The van der Waals surface area contributed by atoms with Gasteiger partial charge in [-0.05, 0) is 30.3 Å². The van der Waals surface area contributed by atoms with E-state index in [4.69, 9.17) is 27.9 Å².